The molecule has 0 radical (unpaired) electrons. The number of aromatic nitrogens is 4. The van der Waals surface area contributed by atoms with Crippen LogP contribution in [0.15, 0.2) is 33.5 Å². The molecule has 4 aromatic rings. The lowest BCUT2D eigenvalue weighted by Gasteiger charge is -2.06. The van der Waals surface area contributed by atoms with Gasteiger partial charge in [0.2, 0.25) is 5.89 Å². The summed E-state index contributed by atoms with van der Waals surface area (Å²) in [7, 11) is 1.33. The molecule has 0 unspecified atom stereocenters. The van der Waals surface area contributed by atoms with Gasteiger partial charge in [0, 0.05) is 6.07 Å². The predicted molar refractivity (Wildman–Crippen MR) is 92.6 cm³/mol. The third-order valence-electron chi connectivity index (χ3n) is 4.04. The molecule has 0 saturated heterocycles. The number of hydrogen-bond donors (Lipinski definition) is 3. The van der Waals surface area contributed by atoms with E-state index < -0.39 is 23.3 Å². The molecule has 11 heteroatoms. The van der Waals surface area contributed by atoms with E-state index in [1.165, 1.54) is 19.2 Å². The van der Waals surface area contributed by atoms with Gasteiger partial charge in [-0.1, -0.05) is 0 Å². The Bertz CT molecular complexity index is 1290. The number of H-pyrrole nitrogens is 2. The fourth-order valence-electron chi connectivity index (χ4n) is 2.90. The first-order valence-corrected chi connectivity index (χ1v) is 7.81. The van der Waals surface area contributed by atoms with Gasteiger partial charge in [0.15, 0.2) is 5.75 Å². The second-order valence-electron chi connectivity index (χ2n) is 5.72. The largest absolute Gasteiger partial charge is 0.494 e. The molecule has 0 aliphatic rings. The van der Waals surface area contributed by atoms with E-state index in [1.54, 1.807) is 0 Å². The summed E-state index contributed by atoms with van der Waals surface area (Å²) >= 11 is 0. The van der Waals surface area contributed by atoms with Crippen LogP contribution in [0.5, 0.6) is 5.75 Å². The minimum Gasteiger partial charge on any atom is -0.494 e. The average Bonchev–Trinajstić information content (AvgIpc) is 3.25. The fraction of sp³-hybridized carbons (Fsp3) is 0.0588. The monoisotopic (exact) mass is 387 g/mol. The summed E-state index contributed by atoms with van der Waals surface area (Å²) in [6.07, 6.45) is 0. The zero-order valence-corrected chi connectivity index (χ0v) is 14.2. The molecule has 2 aromatic carbocycles. The van der Waals surface area contributed by atoms with Gasteiger partial charge in [0.25, 0.3) is 5.91 Å². The zero-order valence-electron chi connectivity index (χ0n) is 14.2. The number of hydrogen-bond acceptors (Lipinski definition) is 6. The summed E-state index contributed by atoms with van der Waals surface area (Å²) in [5.41, 5.74) is 5.73. The van der Waals surface area contributed by atoms with E-state index in [2.05, 4.69) is 15.1 Å². The number of halogens is 2. The van der Waals surface area contributed by atoms with Gasteiger partial charge in [-0.2, -0.15) is 0 Å². The van der Waals surface area contributed by atoms with Crippen molar-refractivity contribution in [2.75, 3.05) is 7.11 Å². The highest BCUT2D eigenvalue weighted by molar-refractivity contribution is 6.02. The van der Waals surface area contributed by atoms with E-state index in [0.29, 0.717) is 11.6 Å². The summed E-state index contributed by atoms with van der Waals surface area (Å²) < 4.78 is 38.5. The minimum atomic E-state index is -0.964. The normalized spacial score (nSPS) is 11.1. The lowest BCUT2D eigenvalue weighted by Crippen LogP contribution is -2.12. The molecule has 0 spiro atoms. The first-order chi connectivity index (χ1) is 13.4. The highest BCUT2D eigenvalue weighted by Gasteiger charge is 2.23. The number of fused-ring (bicyclic) bond motifs is 1. The topological polar surface area (TPSA) is 140 Å². The molecule has 4 N–H and O–H groups in total. The second kappa shape index (κ2) is 6.30. The zero-order chi connectivity index (χ0) is 20.0. The number of methoxy groups -OCH3 is 1. The number of carbonyl (C=O) groups is 1. The van der Waals surface area contributed by atoms with E-state index in [-0.39, 0.29) is 39.7 Å². The smallest absolute Gasteiger partial charge is 0.434 e. The quantitative estimate of drug-likeness (QED) is 0.489. The van der Waals surface area contributed by atoms with Gasteiger partial charge in [-0.15, -0.1) is 5.10 Å². The number of primary amides is 1. The van der Waals surface area contributed by atoms with Gasteiger partial charge < -0.3 is 19.9 Å². The molecule has 0 saturated carbocycles. The Morgan fingerprint density at radius 2 is 2.07 bits per heavy atom. The molecule has 142 valence electrons. The van der Waals surface area contributed by atoms with Crippen molar-refractivity contribution in [3.05, 3.63) is 52.0 Å². The van der Waals surface area contributed by atoms with Crippen LogP contribution in [0.3, 0.4) is 0 Å². The second-order valence-corrected chi connectivity index (χ2v) is 5.72. The summed E-state index contributed by atoms with van der Waals surface area (Å²) in [5.74, 6) is -3.71. The number of ether oxygens (including phenoxy) is 1. The van der Waals surface area contributed by atoms with E-state index in [4.69, 9.17) is 14.9 Å². The van der Waals surface area contributed by atoms with Gasteiger partial charge in [0.1, 0.15) is 23.0 Å². The van der Waals surface area contributed by atoms with Gasteiger partial charge in [-0.3, -0.25) is 4.79 Å². The number of aromatic amines is 2. The summed E-state index contributed by atoms with van der Waals surface area (Å²) in [6, 6.07) is 4.56. The standard InChI is InChI=1S/C17H11F2N5O4/c1-27-13-7(14(20)25)2-3-10-12(13)22-15(21-10)11-8(4-6(18)5-9(11)19)16-23-24-17(26)28-16/h2-5H,1H3,(H2,20,25)(H,21,22)(H,24,26). The van der Waals surface area contributed by atoms with Crippen molar-refractivity contribution < 1.29 is 22.7 Å². The molecule has 0 fully saturated rings. The van der Waals surface area contributed by atoms with Crippen LogP contribution in [0.1, 0.15) is 10.4 Å². The van der Waals surface area contributed by atoms with Crippen LogP contribution >= 0.6 is 0 Å². The Morgan fingerprint density at radius 1 is 1.29 bits per heavy atom. The van der Waals surface area contributed by atoms with Crippen molar-refractivity contribution in [3.8, 4) is 28.6 Å². The average molecular weight is 387 g/mol. The van der Waals surface area contributed by atoms with Crippen molar-refractivity contribution in [2.24, 2.45) is 5.73 Å². The van der Waals surface area contributed by atoms with E-state index in [9.17, 15) is 18.4 Å². The van der Waals surface area contributed by atoms with Crippen LogP contribution < -0.4 is 16.2 Å². The lowest BCUT2D eigenvalue weighted by molar-refractivity contribution is 0.0997. The third kappa shape index (κ3) is 2.69. The summed E-state index contributed by atoms with van der Waals surface area (Å²) in [6.45, 7) is 0. The molecular weight excluding hydrogens is 376 g/mol. The van der Waals surface area contributed by atoms with Gasteiger partial charge in [0.05, 0.1) is 29.3 Å². The predicted octanol–water partition coefficient (Wildman–Crippen LogP) is 1.96. The molecule has 0 aliphatic carbocycles. The van der Waals surface area contributed by atoms with Crippen LogP contribution in [0.25, 0.3) is 33.9 Å². The Balaban J connectivity index is 2.01. The number of nitrogens with two attached hydrogens (primary N) is 1. The number of nitrogens with zero attached hydrogens (tertiary/aromatic N) is 2. The fourth-order valence-corrected chi connectivity index (χ4v) is 2.90. The van der Waals surface area contributed by atoms with Crippen molar-refractivity contribution in [1.82, 2.24) is 20.2 Å². The molecule has 2 heterocycles. The number of carbonyl (C=O) groups excluding carboxylic acids is 1. The molecule has 28 heavy (non-hydrogen) atoms. The van der Waals surface area contributed by atoms with Crippen molar-refractivity contribution in [3.63, 3.8) is 0 Å². The molecule has 4 rings (SSSR count). The molecule has 0 aliphatic heterocycles. The van der Waals surface area contributed by atoms with Crippen LogP contribution in [-0.2, 0) is 0 Å². The van der Waals surface area contributed by atoms with Crippen LogP contribution in [0.2, 0.25) is 0 Å². The van der Waals surface area contributed by atoms with E-state index in [1.807, 2.05) is 5.10 Å². The first-order valence-electron chi connectivity index (χ1n) is 7.81. The SMILES string of the molecule is COc1c(C(N)=O)ccc2[nH]c(-c3c(F)cc(F)cc3-c3n[nH]c(=O)o3)nc12. The number of nitrogens with one attached hydrogen (secondary N) is 2. The maximum absolute atomic E-state index is 14.6. The Morgan fingerprint density at radius 3 is 2.71 bits per heavy atom. The summed E-state index contributed by atoms with van der Waals surface area (Å²) in [5, 5.41) is 5.64. The molecular formula is C17H11F2N5O4. The molecule has 0 atom stereocenters. The van der Waals surface area contributed by atoms with Gasteiger partial charge >= 0.3 is 5.76 Å². The number of benzene rings is 2. The molecule has 0 bridgehead atoms. The Kier molecular flexibility index (Phi) is 3.91. The lowest BCUT2D eigenvalue weighted by atomic mass is 10.1. The number of amides is 1. The van der Waals surface area contributed by atoms with Crippen LogP contribution in [0.4, 0.5) is 8.78 Å². The van der Waals surface area contributed by atoms with Gasteiger partial charge in [-0.05, 0) is 18.2 Å². The van der Waals surface area contributed by atoms with Gasteiger partial charge in [-0.25, -0.2) is 23.7 Å². The van der Waals surface area contributed by atoms with Crippen LogP contribution in [0, 0.1) is 11.6 Å². The highest BCUT2D eigenvalue weighted by atomic mass is 19.1. The number of rotatable bonds is 4. The van der Waals surface area contributed by atoms with Crippen molar-refractivity contribution in [2.45, 2.75) is 0 Å². The third-order valence-corrected chi connectivity index (χ3v) is 4.04. The van der Waals surface area contributed by atoms with Crippen molar-refractivity contribution in [1.29, 1.82) is 0 Å². The molecule has 2 aromatic heterocycles. The van der Waals surface area contributed by atoms with Crippen molar-refractivity contribution >= 4 is 16.9 Å². The minimum absolute atomic E-state index is 0.0203. The Labute approximate surface area is 154 Å². The maximum Gasteiger partial charge on any atom is 0.434 e. The molecule has 9 nitrogen and oxygen atoms in total. The van der Waals surface area contributed by atoms with E-state index >= 15 is 0 Å². The first kappa shape index (κ1) is 17.4. The summed E-state index contributed by atoms with van der Waals surface area (Å²) in [4.78, 5) is 30.0. The highest BCUT2D eigenvalue weighted by Crippen LogP contribution is 2.36. The van der Waals surface area contributed by atoms with Crippen LogP contribution in [-0.4, -0.2) is 33.2 Å². The van der Waals surface area contributed by atoms with E-state index in [0.717, 1.165) is 6.07 Å². The molecule has 1 amide bonds. The Hall–Kier alpha value is -4.02. The maximum atomic E-state index is 14.6. The number of imidazole rings is 1.